The summed E-state index contributed by atoms with van der Waals surface area (Å²) in [5.74, 6) is 0.983. The van der Waals surface area contributed by atoms with Crippen LogP contribution in [0.2, 0.25) is 0 Å². The Kier molecular flexibility index (Phi) is 2.39. The second-order valence-electron chi connectivity index (χ2n) is 5.43. The van der Waals surface area contributed by atoms with Gasteiger partial charge in [-0.15, -0.1) is 0 Å². The minimum absolute atomic E-state index is 0.751. The Bertz CT molecular complexity index is 182. The highest BCUT2D eigenvalue weighted by Crippen LogP contribution is 2.56. The van der Waals surface area contributed by atoms with Gasteiger partial charge in [0.05, 0.1) is 0 Å². The van der Waals surface area contributed by atoms with Gasteiger partial charge in [-0.25, -0.2) is 0 Å². The fraction of sp³-hybridized carbons (Fsp3) is 1.00. The van der Waals surface area contributed by atoms with Gasteiger partial charge in [0.1, 0.15) is 0 Å². The Morgan fingerprint density at radius 2 is 1.85 bits per heavy atom. The van der Waals surface area contributed by atoms with Crippen LogP contribution in [-0.4, -0.2) is 24.0 Å². The lowest BCUT2D eigenvalue weighted by Crippen LogP contribution is -2.31. The molecule has 1 saturated heterocycles. The third kappa shape index (κ3) is 1.76. The van der Waals surface area contributed by atoms with E-state index < -0.39 is 0 Å². The molecule has 76 valence electrons. The van der Waals surface area contributed by atoms with Gasteiger partial charge in [0.15, 0.2) is 0 Å². The molecular formula is C12H23N. The van der Waals surface area contributed by atoms with Crippen molar-refractivity contribution < 1.29 is 0 Å². The van der Waals surface area contributed by atoms with E-state index in [0.29, 0.717) is 0 Å². The molecule has 0 radical (unpaired) electrons. The van der Waals surface area contributed by atoms with Gasteiger partial charge in [0.2, 0.25) is 0 Å². The van der Waals surface area contributed by atoms with E-state index in [2.05, 4.69) is 25.7 Å². The van der Waals surface area contributed by atoms with Crippen LogP contribution in [0.1, 0.15) is 46.5 Å². The molecule has 1 heteroatoms. The molecule has 0 amide bonds. The van der Waals surface area contributed by atoms with Crippen molar-refractivity contribution >= 4 is 0 Å². The summed E-state index contributed by atoms with van der Waals surface area (Å²) in [6, 6.07) is 0.751. The van der Waals surface area contributed by atoms with Crippen molar-refractivity contribution in [3.8, 4) is 0 Å². The molecule has 1 nitrogen and oxygen atoms in total. The van der Waals surface area contributed by atoms with Crippen molar-refractivity contribution in [3.63, 3.8) is 0 Å². The number of hydrogen-bond donors (Lipinski definition) is 0. The summed E-state index contributed by atoms with van der Waals surface area (Å²) in [4.78, 5) is 2.66. The molecule has 1 unspecified atom stereocenters. The van der Waals surface area contributed by atoms with Crippen molar-refractivity contribution in [1.82, 2.24) is 4.90 Å². The second-order valence-corrected chi connectivity index (χ2v) is 5.43. The van der Waals surface area contributed by atoms with Crippen LogP contribution >= 0.6 is 0 Å². The molecule has 1 saturated carbocycles. The first kappa shape index (κ1) is 9.51. The van der Waals surface area contributed by atoms with Crippen molar-refractivity contribution in [2.75, 3.05) is 13.1 Å². The van der Waals surface area contributed by atoms with E-state index in [-0.39, 0.29) is 0 Å². The average Bonchev–Trinajstić information content (AvgIpc) is 2.85. The molecule has 1 atom stereocenters. The van der Waals surface area contributed by atoms with E-state index in [1.165, 1.54) is 38.8 Å². The van der Waals surface area contributed by atoms with E-state index in [4.69, 9.17) is 0 Å². The number of likely N-dealkylation sites (tertiary alicyclic amines) is 1. The zero-order valence-electron chi connectivity index (χ0n) is 9.34. The summed E-state index contributed by atoms with van der Waals surface area (Å²) in [5, 5.41) is 0. The molecule has 13 heavy (non-hydrogen) atoms. The van der Waals surface area contributed by atoms with Gasteiger partial charge in [-0.05, 0) is 64.0 Å². The molecule has 2 fully saturated rings. The maximum absolute atomic E-state index is 2.66. The van der Waals surface area contributed by atoms with Crippen LogP contribution in [0.3, 0.4) is 0 Å². The lowest BCUT2D eigenvalue weighted by molar-refractivity contribution is 0.226. The Morgan fingerprint density at radius 1 is 1.15 bits per heavy atom. The van der Waals surface area contributed by atoms with Gasteiger partial charge in [0.25, 0.3) is 0 Å². The first-order chi connectivity index (χ1) is 6.14. The van der Waals surface area contributed by atoms with Crippen molar-refractivity contribution in [2.45, 2.75) is 52.5 Å². The maximum Gasteiger partial charge on any atom is 0.00385 e. The summed E-state index contributed by atoms with van der Waals surface area (Å²) < 4.78 is 0. The maximum atomic E-state index is 2.66. The summed E-state index contributed by atoms with van der Waals surface area (Å²) in [7, 11) is 0. The third-order valence-electron chi connectivity index (χ3n) is 4.41. The highest BCUT2D eigenvalue weighted by molar-refractivity contribution is 4.99. The Morgan fingerprint density at radius 3 is 2.38 bits per heavy atom. The van der Waals surface area contributed by atoms with E-state index in [1.54, 1.807) is 0 Å². The largest absolute Gasteiger partial charge is 0.301 e. The van der Waals surface area contributed by atoms with Crippen LogP contribution in [0.5, 0.6) is 0 Å². The predicted molar refractivity (Wildman–Crippen MR) is 56.8 cm³/mol. The van der Waals surface area contributed by atoms with Crippen LogP contribution < -0.4 is 0 Å². The van der Waals surface area contributed by atoms with Gasteiger partial charge in [-0.2, -0.15) is 0 Å². The molecule has 0 aromatic carbocycles. The molecule has 1 heterocycles. The molecule has 1 aliphatic heterocycles. The standard InChI is InChI=1S/C12H23N/c1-10(2)13-8-4-11(3)12(5-6-12)7-9-13/h10-11H,4-9H2,1-3H3. The quantitative estimate of drug-likeness (QED) is 0.601. The smallest absolute Gasteiger partial charge is 0.00385 e. The zero-order chi connectivity index (χ0) is 9.47. The van der Waals surface area contributed by atoms with Crippen LogP contribution in [0.4, 0.5) is 0 Å². The number of hydrogen-bond acceptors (Lipinski definition) is 1. The number of rotatable bonds is 1. The van der Waals surface area contributed by atoms with E-state index >= 15 is 0 Å². The van der Waals surface area contributed by atoms with Crippen LogP contribution in [0.15, 0.2) is 0 Å². The molecule has 1 spiro atoms. The van der Waals surface area contributed by atoms with Crippen molar-refractivity contribution in [2.24, 2.45) is 11.3 Å². The molecule has 2 rings (SSSR count). The molecule has 0 aromatic heterocycles. The van der Waals surface area contributed by atoms with Gasteiger partial charge in [-0.1, -0.05) is 6.92 Å². The minimum Gasteiger partial charge on any atom is -0.301 e. The molecule has 2 aliphatic rings. The SMILES string of the molecule is CC(C)N1CCC(C)C2(CC1)CC2. The van der Waals surface area contributed by atoms with Gasteiger partial charge in [0, 0.05) is 6.04 Å². The molecular weight excluding hydrogens is 158 g/mol. The Labute approximate surface area is 82.5 Å². The van der Waals surface area contributed by atoms with Crippen LogP contribution in [0, 0.1) is 11.3 Å². The van der Waals surface area contributed by atoms with Crippen LogP contribution in [0.25, 0.3) is 0 Å². The Hall–Kier alpha value is -0.0400. The Balaban J connectivity index is 1.97. The summed E-state index contributed by atoms with van der Waals surface area (Å²) in [6.45, 7) is 9.81. The highest BCUT2D eigenvalue weighted by Gasteiger charge is 2.47. The predicted octanol–water partition coefficient (Wildman–Crippen LogP) is 2.91. The van der Waals surface area contributed by atoms with Crippen molar-refractivity contribution in [3.05, 3.63) is 0 Å². The number of nitrogens with zero attached hydrogens (tertiary/aromatic N) is 1. The fourth-order valence-corrected chi connectivity index (χ4v) is 2.81. The normalized spacial score (nSPS) is 33.7. The topological polar surface area (TPSA) is 3.24 Å². The summed E-state index contributed by atoms with van der Waals surface area (Å²) in [6.07, 6.45) is 5.92. The van der Waals surface area contributed by atoms with Gasteiger partial charge >= 0.3 is 0 Å². The first-order valence-corrected chi connectivity index (χ1v) is 5.88. The molecule has 0 N–H and O–H groups in total. The average molecular weight is 181 g/mol. The van der Waals surface area contributed by atoms with E-state index in [1.807, 2.05) is 0 Å². The second kappa shape index (κ2) is 3.27. The molecule has 0 bridgehead atoms. The van der Waals surface area contributed by atoms with Crippen LogP contribution in [-0.2, 0) is 0 Å². The zero-order valence-corrected chi connectivity index (χ0v) is 9.34. The lowest BCUT2D eigenvalue weighted by Gasteiger charge is -2.24. The monoisotopic (exact) mass is 181 g/mol. The highest BCUT2D eigenvalue weighted by atomic mass is 15.1. The first-order valence-electron chi connectivity index (χ1n) is 5.88. The summed E-state index contributed by atoms with van der Waals surface area (Å²) >= 11 is 0. The van der Waals surface area contributed by atoms with Gasteiger partial charge < -0.3 is 4.90 Å². The molecule has 0 aromatic rings. The van der Waals surface area contributed by atoms with Crippen molar-refractivity contribution in [1.29, 1.82) is 0 Å². The minimum atomic E-state index is 0.751. The molecule has 1 aliphatic carbocycles. The lowest BCUT2D eigenvalue weighted by atomic mass is 9.86. The van der Waals surface area contributed by atoms with Gasteiger partial charge in [-0.3, -0.25) is 0 Å². The summed E-state index contributed by atoms with van der Waals surface area (Å²) in [5.41, 5.74) is 0.795. The van der Waals surface area contributed by atoms with E-state index in [0.717, 1.165) is 17.4 Å². The third-order valence-corrected chi connectivity index (χ3v) is 4.41. The van der Waals surface area contributed by atoms with E-state index in [9.17, 15) is 0 Å². The fourth-order valence-electron chi connectivity index (χ4n) is 2.81.